The zero-order valence-electron chi connectivity index (χ0n) is 14.2. The summed E-state index contributed by atoms with van der Waals surface area (Å²) in [6, 6.07) is 8.82. The number of pyridine rings is 1. The molecule has 0 aliphatic heterocycles. The highest BCUT2D eigenvalue weighted by Gasteiger charge is 2.28. The van der Waals surface area contributed by atoms with Gasteiger partial charge in [0.1, 0.15) is 11.6 Å². The highest BCUT2D eigenvalue weighted by Crippen LogP contribution is 2.23. The number of hydrogen-bond donors (Lipinski definition) is 1. The molecule has 0 saturated carbocycles. The van der Waals surface area contributed by atoms with Gasteiger partial charge in [0.2, 0.25) is 0 Å². The summed E-state index contributed by atoms with van der Waals surface area (Å²) in [5, 5.41) is 0.708. The van der Waals surface area contributed by atoms with Gasteiger partial charge in [0.05, 0.1) is 11.1 Å². The number of halogens is 3. The molecular formula is C17H15F3N4O2S. The van der Waals surface area contributed by atoms with E-state index in [1.165, 1.54) is 46.7 Å². The molecule has 6 nitrogen and oxygen atoms in total. The van der Waals surface area contributed by atoms with Crippen LogP contribution in [0.3, 0.4) is 0 Å². The van der Waals surface area contributed by atoms with E-state index in [0.29, 0.717) is 22.0 Å². The van der Waals surface area contributed by atoms with Crippen LogP contribution in [-0.4, -0.2) is 33.1 Å². The molecule has 0 bridgehead atoms. The molecule has 0 aliphatic rings. The van der Waals surface area contributed by atoms with Crippen molar-refractivity contribution in [2.75, 3.05) is 18.1 Å². The molecular weight excluding hydrogens is 381 g/mol. The van der Waals surface area contributed by atoms with Crippen LogP contribution in [-0.2, 0) is 0 Å². The molecule has 3 rings (SSSR count). The molecule has 2 heterocycles. The maximum Gasteiger partial charge on any atom is 0.422 e. The molecule has 27 heavy (non-hydrogen) atoms. The van der Waals surface area contributed by atoms with Crippen LogP contribution in [0.1, 0.15) is 6.92 Å². The fourth-order valence-electron chi connectivity index (χ4n) is 2.37. The van der Waals surface area contributed by atoms with Crippen LogP contribution in [0, 0.1) is 0 Å². The van der Waals surface area contributed by atoms with Gasteiger partial charge in [-0.3, -0.25) is 9.36 Å². The molecule has 0 fully saturated rings. The lowest BCUT2D eigenvalue weighted by Crippen LogP contribution is -2.22. The van der Waals surface area contributed by atoms with Crippen molar-refractivity contribution in [2.24, 2.45) is 0 Å². The van der Waals surface area contributed by atoms with E-state index in [9.17, 15) is 18.0 Å². The third kappa shape index (κ3) is 4.33. The number of anilines is 1. The zero-order valence-corrected chi connectivity index (χ0v) is 15.0. The van der Waals surface area contributed by atoms with Gasteiger partial charge in [-0.25, -0.2) is 9.97 Å². The summed E-state index contributed by atoms with van der Waals surface area (Å²) >= 11 is 1.34. The van der Waals surface area contributed by atoms with E-state index in [4.69, 9.17) is 10.5 Å². The monoisotopic (exact) mass is 396 g/mol. The van der Waals surface area contributed by atoms with Gasteiger partial charge in [0.15, 0.2) is 17.4 Å². The van der Waals surface area contributed by atoms with E-state index in [1.54, 1.807) is 6.07 Å². The van der Waals surface area contributed by atoms with E-state index in [1.807, 2.05) is 6.92 Å². The number of hydrogen-bond acceptors (Lipinski definition) is 6. The number of thioether (sulfide) groups is 1. The fraction of sp³-hybridized carbons (Fsp3) is 0.235. The number of nitrogens with two attached hydrogens (primary N) is 1. The highest BCUT2D eigenvalue weighted by molar-refractivity contribution is 7.99. The Bertz CT molecular complexity index is 1020. The average molecular weight is 396 g/mol. The molecule has 0 unspecified atom stereocenters. The van der Waals surface area contributed by atoms with Gasteiger partial charge < -0.3 is 10.5 Å². The molecule has 0 amide bonds. The molecule has 142 valence electrons. The topological polar surface area (TPSA) is 83.0 Å². The van der Waals surface area contributed by atoms with Crippen molar-refractivity contribution in [1.82, 2.24) is 14.5 Å². The van der Waals surface area contributed by atoms with E-state index >= 15 is 0 Å². The van der Waals surface area contributed by atoms with Gasteiger partial charge in [0.25, 0.3) is 5.56 Å². The number of nitrogen functional groups attached to an aromatic ring is 1. The summed E-state index contributed by atoms with van der Waals surface area (Å²) < 4.78 is 42.9. The second kappa shape index (κ2) is 7.47. The second-order valence-corrected chi connectivity index (χ2v) is 6.70. The van der Waals surface area contributed by atoms with Crippen molar-refractivity contribution in [3.8, 4) is 11.4 Å². The Morgan fingerprint density at radius 2 is 1.85 bits per heavy atom. The molecule has 0 saturated heterocycles. The Labute approximate surface area is 156 Å². The molecule has 2 N–H and O–H groups in total. The normalized spacial score (nSPS) is 11.7. The number of alkyl halides is 3. The predicted octanol–water partition coefficient (Wildman–Crippen LogP) is 3.42. The first kappa shape index (κ1) is 19.0. The standard InChI is InChI=1S/C17H15F3N4O2S/c1-2-27-16-23-14-12(7-8-13(21)22-14)15(25)24(16)10-3-5-11(6-4-10)26-9-17(18,19)20/h3-8H,2,9H2,1H3,(H2,21,22). The third-order valence-electron chi connectivity index (χ3n) is 3.49. The van der Waals surface area contributed by atoms with Gasteiger partial charge in [-0.2, -0.15) is 13.2 Å². The van der Waals surface area contributed by atoms with Gasteiger partial charge in [-0.05, 0) is 42.2 Å². The molecule has 0 aliphatic carbocycles. The molecule has 1 aromatic carbocycles. The average Bonchev–Trinajstić information content (AvgIpc) is 2.60. The summed E-state index contributed by atoms with van der Waals surface area (Å²) in [6.45, 7) is 0.528. The summed E-state index contributed by atoms with van der Waals surface area (Å²) in [4.78, 5) is 21.4. The summed E-state index contributed by atoms with van der Waals surface area (Å²) in [5.74, 6) is 0.968. The van der Waals surface area contributed by atoms with Gasteiger partial charge in [-0.1, -0.05) is 18.7 Å². The lowest BCUT2D eigenvalue weighted by molar-refractivity contribution is -0.153. The lowest BCUT2D eigenvalue weighted by Gasteiger charge is -2.13. The minimum Gasteiger partial charge on any atom is -0.484 e. The van der Waals surface area contributed by atoms with Crippen molar-refractivity contribution in [2.45, 2.75) is 18.3 Å². The molecule has 3 aromatic rings. The van der Waals surface area contributed by atoms with Crippen LogP contribution in [0.5, 0.6) is 5.75 Å². The minimum atomic E-state index is -4.42. The van der Waals surface area contributed by atoms with Crippen molar-refractivity contribution < 1.29 is 17.9 Å². The van der Waals surface area contributed by atoms with E-state index < -0.39 is 12.8 Å². The van der Waals surface area contributed by atoms with Crippen molar-refractivity contribution in [3.05, 3.63) is 46.8 Å². The SMILES string of the molecule is CCSc1nc2nc(N)ccc2c(=O)n1-c1ccc(OCC(F)(F)F)cc1. The van der Waals surface area contributed by atoms with Gasteiger partial charge in [0, 0.05) is 0 Å². The van der Waals surface area contributed by atoms with Crippen LogP contribution in [0.25, 0.3) is 16.7 Å². The number of nitrogens with zero attached hydrogens (tertiary/aromatic N) is 3. The van der Waals surface area contributed by atoms with Gasteiger partial charge in [-0.15, -0.1) is 0 Å². The van der Waals surface area contributed by atoms with Crippen LogP contribution < -0.4 is 16.0 Å². The smallest absolute Gasteiger partial charge is 0.422 e. The van der Waals surface area contributed by atoms with Crippen LogP contribution in [0.2, 0.25) is 0 Å². The van der Waals surface area contributed by atoms with Crippen LogP contribution in [0.15, 0.2) is 46.3 Å². The summed E-state index contributed by atoms with van der Waals surface area (Å²) in [7, 11) is 0. The first-order valence-electron chi connectivity index (χ1n) is 7.90. The first-order valence-corrected chi connectivity index (χ1v) is 8.89. The molecule has 10 heteroatoms. The van der Waals surface area contributed by atoms with Gasteiger partial charge >= 0.3 is 6.18 Å². The number of benzene rings is 1. The molecule has 0 radical (unpaired) electrons. The Kier molecular flexibility index (Phi) is 5.26. The van der Waals surface area contributed by atoms with Crippen LogP contribution in [0.4, 0.5) is 19.0 Å². The quantitative estimate of drug-likeness (QED) is 0.526. The van der Waals surface area contributed by atoms with E-state index in [-0.39, 0.29) is 22.8 Å². The number of ether oxygens (including phenoxy) is 1. The maximum atomic E-state index is 12.9. The summed E-state index contributed by atoms with van der Waals surface area (Å²) in [6.07, 6.45) is -4.42. The minimum absolute atomic E-state index is 0.0528. The van der Waals surface area contributed by atoms with Crippen LogP contribution >= 0.6 is 11.8 Å². The Morgan fingerprint density at radius 1 is 1.15 bits per heavy atom. The van der Waals surface area contributed by atoms with E-state index in [2.05, 4.69) is 9.97 Å². The highest BCUT2D eigenvalue weighted by atomic mass is 32.2. The van der Waals surface area contributed by atoms with E-state index in [0.717, 1.165) is 0 Å². The van der Waals surface area contributed by atoms with Crippen molar-refractivity contribution in [1.29, 1.82) is 0 Å². The second-order valence-electron chi connectivity index (χ2n) is 5.47. The van der Waals surface area contributed by atoms with Crippen molar-refractivity contribution >= 4 is 28.6 Å². The fourth-order valence-corrected chi connectivity index (χ4v) is 3.10. The third-order valence-corrected chi connectivity index (χ3v) is 4.31. The van der Waals surface area contributed by atoms with Crippen molar-refractivity contribution in [3.63, 3.8) is 0 Å². The first-order chi connectivity index (χ1) is 12.8. The molecule has 0 atom stereocenters. The Morgan fingerprint density at radius 3 is 2.48 bits per heavy atom. The molecule has 0 spiro atoms. The lowest BCUT2D eigenvalue weighted by atomic mass is 10.2. The number of fused-ring (bicyclic) bond motifs is 1. The Hall–Kier alpha value is -2.75. The Balaban J connectivity index is 2.04. The maximum absolute atomic E-state index is 12.9. The summed E-state index contributed by atoms with van der Waals surface area (Å²) in [5.41, 5.74) is 6.03. The zero-order chi connectivity index (χ0) is 19.6. The largest absolute Gasteiger partial charge is 0.484 e. The predicted molar refractivity (Wildman–Crippen MR) is 97.5 cm³/mol. The number of aromatic nitrogens is 3. The molecule has 2 aromatic heterocycles. The number of rotatable bonds is 5.